The van der Waals surface area contributed by atoms with E-state index in [1.54, 1.807) is 12.5 Å². The number of nitrogens with zero attached hydrogens (tertiary/aromatic N) is 1. The van der Waals surface area contributed by atoms with Gasteiger partial charge in [-0.25, -0.2) is 4.98 Å². The summed E-state index contributed by atoms with van der Waals surface area (Å²) in [5, 5.41) is 3.01. The first-order chi connectivity index (χ1) is 4.29. The predicted octanol–water partition coefficient (Wildman–Crippen LogP) is 1.74. The molecule has 0 spiro atoms. The van der Waals surface area contributed by atoms with Crippen molar-refractivity contribution in [3.05, 3.63) is 12.5 Å². The molecule has 0 bridgehead atoms. The lowest BCUT2D eigenvalue weighted by Gasteiger charge is -2.02. The minimum atomic E-state index is 0. The maximum Gasteiger partial charge on any atom is 0.294 e. The molecule has 0 saturated heterocycles. The highest BCUT2D eigenvalue weighted by Gasteiger charge is 1.95. The number of hydrogen-bond acceptors (Lipinski definition) is 3. The van der Waals surface area contributed by atoms with Gasteiger partial charge in [0.05, 0.1) is 6.20 Å². The summed E-state index contributed by atoms with van der Waals surface area (Å²) in [5.74, 6) is 0. The third kappa shape index (κ3) is 1.76. The Morgan fingerprint density at radius 3 is 3.00 bits per heavy atom. The van der Waals surface area contributed by atoms with Crippen molar-refractivity contribution in [1.29, 1.82) is 0 Å². The summed E-state index contributed by atoms with van der Waals surface area (Å²) in [4.78, 5) is 3.88. The third-order valence-electron chi connectivity index (χ3n) is 0.844. The molecule has 52 valence electrons. The lowest BCUT2D eigenvalue weighted by atomic mass is 10.4. The number of hydrogen-bond donors (Lipinski definition) is 1. The van der Waals surface area contributed by atoms with Gasteiger partial charge in [-0.3, -0.25) is 0 Å². The molecule has 0 unspecified atom stereocenters. The number of aromatic nitrogens is 1. The zero-order chi connectivity index (χ0) is 6.69. The van der Waals surface area contributed by atoms with E-state index in [1.165, 1.54) is 0 Å². The van der Waals surface area contributed by atoms with Crippen molar-refractivity contribution < 1.29 is 5.84 Å². The van der Waals surface area contributed by atoms with Crippen LogP contribution in [0.4, 0.5) is 6.01 Å². The van der Waals surface area contributed by atoms with Crippen LogP contribution >= 0.6 is 0 Å². The highest BCUT2D eigenvalue weighted by atomic mass is 16.4. The molecule has 9 heavy (non-hydrogen) atoms. The minimum absolute atomic E-state index is 0. The summed E-state index contributed by atoms with van der Waals surface area (Å²) >= 11 is 0. The SMILES string of the molecule is CC(C)Nc1ncco1.[HH]. The number of oxazole rings is 1. The molecule has 1 N–H and O–H groups in total. The molecule has 0 aliphatic carbocycles. The average molecular weight is 128 g/mol. The van der Waals surface area contributed by atoms with E-state index in [0.29, 0.717) is 12.1 Å². The second kappa shape index (κ2) is 2.53. The third-order valence-corrected chi connectivity index (χ3v) is 0.844. The van der Waals surface area contributed by atoms with Crippen LogP contribution in [-0.2, 0) is 0 Å². The van der Waals surface area contributed by atoms with E-state index in [1.807, 2.05) is 13.8 Å². The highest BCUT2D eigenvalue weighted by molar-refractivity contribution is 5.18. The topological polar surface area (TPSA) is 38.1 Å². The van der Waals surface area contributed by atoms with Crippen molar-refractivity contribution in [2.75, 3.05) is 5.32 Å². The second-order valence-electron chi connectivity index (χ2n) is 2.14. The first-order valence-electron chi connectivity index (χ1n) is 2.95. The van der Waals surface area contributed by atoms with Crippen molar-refractivity contribution in [3.8, 4) is 0 Å². The molecule has 0 fully saturated rings. The van der Waals surface area contributed by atoms with Crippen molar-refractivity contribution >= 4 is 6.01 Å². The van der Waals surface area contributed by atoms with Gasteiger partial charge < -0.3 is 9.73 Å². The smallest absolute Gasteiger partial charge is 0.294 e. The molecule has 1 heterocycles. The lowest BCUT2D eigenvalue weighted by molar-refractivity contribution is 0.565. The maximum atomic E-state index is 4.92. The van der Waals surface area contributed by atoms with E-state index < -0.39 is 0 Å². The van der Waals surface area contributed by atoms with Crippen molar-refractivity contribution in [1.82, 2.24) is 4.98 Å². The normalized spacial score (nSPS) is 10.1. The molecule has 0 aliphatic rings. The van der Waals surface area contributed by atoms with E-state index in [2.05, 4.69) is 10.3 Å². The quantitative estimate of drug-likeness (QED) is 0.659. The largest absolute Gasteiger partial charge is 0.432 e. The number of rotatable bonds is 2. The summed E-state index contributed by atoms with van der Waals surface area (Å²) in [6, 6.07) is 0.966. The van der Waals surface area contributed by atoms with Crippen LogP contribution in [0.15, 0.2) is 16.9 Å². The van der Waals surface area contributed by atoms with Gasteiger partial charge in [0.1, 0.15) is 6.26 Å². The van der Waals surface area contributed by atoms with Gasteiger partial charge in [0.15, 0.2) is 0 Å². The standard InChI is InChI=1S/C6H10N2O.H2/c1-5(2)8-6-7-3-4-9-6;/h3-5H,1-2H3,(H,7,8);1H. The average Bonchev–Trinajstić information content (AvgIpc) is 2.15. The molecule has 1 aromatic rings. The van der Waals surface area contributed by atoms with Crippen LogP contribution < -0.4 is 5.32 Å². The van der Waals surface area contributed by atoms with Crippen molar-refractivity contribution in [2.24, 2.45) is 0 Å². The molecule has 1 aromatic heterocycles. The fraction of sp³-hybridized carbons (Fsp3) is 0.500. The molecule has 0 aliphatic heterocycles. The Balaban J connectivity index is 0.000000810. The molecular formula is C6H12N2O. The van der Waals surface area contributed by atoms with Crippen molar-refractivity contribution in [3.63, 3.8) is 0 Å². The maximum absolute atomic E-state index is 4.92. The Morgan fingerprint density at radius 1 is 1.78 bits per heavy atom. The van der Waals surface area contributed by atoms with Gasteiger partial charge in [-0.15, -0.1) is 0 Å². The first-order valence-corrected chi connectivity index (χ1v) is 2.95. The van der Waals surface area contributed by atoms with Crippen LogP contribution in [0.3, 0.4) is 0 Å². The molecule has 0 saturated carbocycles. The Hall–Kier alpha value is -0.990. The Kier molecular flexibility index (Phi) is 1.72. The van der Waals surface area contributed by atoms with E-state index in [0.717, 1.165) is 0 Å². The summed E-state index contributed by atoms with van der Waals surface area (Å²) in [6.45, 7) is 4.06. The van der Waals surface area contributed by atoms with E-state index in [-0.39, 0.29) is 1.43 Å². The van der Waals surface area contributed by atoms with Gasteiger partial charge in [0, 0.05) is 7.47 Å². The Labute approximate surface area is 55.6 Å². The molecule has 0 radical (unpaired) electrons. The summed E-state index contributed by atoms with van der Waals surface area (Å²) in [5.41, 5.74) is 0. The number of nitrogens with one attached hydrogen (secondary N) is 1. The highest BCUT2D eigenvalue weighted by Crippen LogP contribution is 2.01. The zero-order valence-corrected chi connectivity index (χ0v) is 5.59. The first kappa shape index (κ1) is 6.13. The van der Waals surface area contributed by atoms with E-state index >= 15 is 0 Å². The van der Waals surface area contributed by atoms with Crippen LogP contribution in [-0.4, -0.2) is 11.0 Å². The molecule has 3 heteroatoms. The molecule has 0 atom stereocenters. The number of anilines is 1. The summed E-state index contributed by atoms with van der Waals surface area (Å²) in [6.07, 6.45) is 3.16. The van der Waals surface area contributed by atoms with E-state index in [4.69, 9.17) is 4.42 Å². The van der Waals surface area contributed by atoms with Gasteiger partial charge in [0.25, 0.3) is 6.01 Å². The second-order valence-corrected chi connectivity index (χ2v) is 2.14. The Bertz CT molecular complexity index is 162. The zero-order valence-electron chi connectivity index (χ0n) is 5.59. The molecule has 3 nitrogen and oxygen atoms in total. The monoisotopic (exact) mass is 128 g/mol. The van der Waals surface area contributed by atoms with Crippen LogP contribution in [0.5, 0.6) is 0 Å². The van der Waals surface area contributed by atoms with Gasteiger partial charge in [-0.2, -0.15) is 0 Å². The lowest BCUT2D eigenvalue weighted by Crippen LogP contribution is -2.09. The van der Waals surface area contributed by atoms with Crippen LogP contribution in [0.1, 0.15) is 15.3 Å². The predicted molar refractivity (Wildman–Crippen MR) is 37.4 cm³/mol. The molecule has 0 aromatic carbocycles. The summed E-state index contributed by atoms with van der Waals surface area (Å²) in [7, 11) is 0. The van der Waals surface area contributed by atoms with Crippen LogP contribution in [0.25, 0.3) is 0 Å². The van der Waals surface area contributed by atoms with E-state index in [9.17, 15) is 0 Å². The molecule has 1 rings (SSSR count). The van der Waals surface area contributed by atoms with Gasteiger partial charge in [-0.05, 0) is 13.8 Å². The molecule has 0 amide bonds. The van der Waals surface area contributed by atoms with Gasteiger partial charge in [-0.1, -0.05) is 0 Å². The minimum Gasteiger partial charge on any atom is -0.432 e. The Morgan fingerprint density at radius 2 is 2.56 bits per heavy atom. The van der Waals surface area contributed by atoms with Crippen LogP contribution in [0, 0.1) is 0 Å². The van der Waals surface area contributed by atoms with Crippen LogP contribution in [0.2, 0.25) is 0 Å². The summed E-state index contributed by atoms with van der Waals surface area (Å²) < 4.78 is 4.92. The molecular weight excluding hydrogens is 116 g/mol. The fourth-order valence-electron chi connectivity index (χ4n) is 0.542. The van der Waals surface area contributed by atoms with Gasteiger partial charge >= 0.3 is 0 Å². The van der Waals surface area contributed by atoms with Crippen molar-refractivity contribution in [2.45, 2.75) is 19.9 Å². The fourth-order valence-corrected chi connectivity index (χ4v) is 0.542. The van der Waals surface area contributed by atoms with Gasteiger partial charge in [0.2, 0.25) is 0 Å².